The van der Waals surface area contributed by atoms with Gasteiger partial charge in [0.15, 0.2) is 0 Å². The van der Waals surface area contributed by atoms with Crippen LogP contribution in [0.5, 0.6) is 0 Å². The third-order valence-electron chi connectivity index (χ3n) is 2.82. The van der Waals surface area contributed by atoms with Gasteiger partial charge in [0, 0.05) is 21.4 Å². The number of aromatic carboxylic acids is 1. The molecule has 0 saturated heterocycles. The molecular formula is C14H13ClO4S. The Bertz CT molecular complexity index is 663. The number of carboxylic acid groups (broad SMARTS) is 1. The Morgan fingerprint density at radius 2 is 1.95 bits per heavy atom. The molecule has 6 heteroatoms. The first-order valence-corrected chi connectivity index (χ1v) is 7.75. The van der Waals surface area contributed by atoms with Crippen molar-refractivity contribution in [1.82, 2.24) is 0 Å². The summed E-state index contributed by atoms with van der Waals surface area (Å²) >= 11 is 6.02. The Balaban J connectivity index is 2.09. The molecule has 4 nitrogen and oxygen atoms in total. The number of furan rings is 1. The first kappa shape index (κ1) is 14.8. The maximum absolute atomic E-state index is 12.1. The fourth-order valence-electron chi connectivity index (χ4n) is 1.78. The molecule has 0 aliphatic rings. The highest BCUT2D eigenvalue weighted by Crippen LogP contribution is 2.20. The third-order valence-corrected chi connectivity index (χ3v) is 4.46. The normalized spacial score (nSPS) is 12.3. The number of hydrogen-bond donors (Lipinski definition) is 1. The van der Waals surface area contributed by atoms with Gasteiger partial charge in [0.1, 0.15) is 5.76 Å². The topological polar surface area (TPSA) is 67.5 Å². The first-order chi connectivity index (χ1) is 9.47. The van der Waals surface area contributed by atoms with Gasteiger partial charge in [-0.15, -0.1) is 0 Å². The van der Waals surface area contributed by atoms with E-state index < -0.39 is 16.8 Å². The van der Waals surface area contributed by atoms with E-state index in [1.807, 2.05) is 18.2 Å². The van der Waals surface area contributed by atoms with E-state index in [0.717, 1.165) is 5.56 Å². The van der Waals surface area contributed by atoms with Crippen molar-refractivity contribution >= 4 is 28.4 Å². The van der Waals surface area contributed by atoms with Crippen molar-refractivity contribution in [2.75, 3.05) is 0 Å². The minimum absolute atomic E-state index is 0.132. The Labute approximate surface area is 123 Å². The number of rotatable bonds is 5. The lowest BCUT2D eigenvalue weighted by atomic mass is 10.2. The van der Waals surface area contributed by atoms with Crippen LogP contribution in [0, 0.1) is 6.92 Å². The van der Waals surface area contributed by atoms with E-state index in [4.69, 9.17) is 21.1 Å². The number of halogens is 1. The van der Waals surface area contributed by atoms with Crippen molar-refractivity contribution in [3.63, 3.8) is 0 Å². The van der Waals surface area contributed by atoms with E-state index in [-0.39, 0.29) is 11.5 Å². The Kier molecular flexibility index (Phi) is 4.62. The molecule has 1 heterocycles. The van der Waals surface area contributed by atoms with Crippen molar-refractivity contribution in [3.05, 3.63) is 58.0 Å². The quantitative estimate of drug-likeness (QED) is 0.919. The molecule has 1 atom stereocenters. The van der Waals surface area contributed by atoms with Crippen LogP contribution in [-0.2, 0) is 22.3 Å². The number of aryl methyl sites for hydroxylation is 1. The molecule has 1 unspecified atom stereocenters. The molecule has 20 heavy (non-hydrogen) atoms. The second kappa shape index (κ2) is 6.24. The van der Waals surface area contributed by atoms with Gasteiger partial charge in [-0.25, -0.2) is 4.79 Å². The van der Waals surface area contributed by atoms with Crippen LogP contribution in [0.15, 0.2) is 34.7 Å². The largest absolute Gasteiger partial charge is 0.475 e. The molecule has 0 fully saturated rings. The molecule has 0 aliphatic heterocycles. The molecule has 1 N–H and O–H groups in total. The number of hydrogen-bond acceptors (Lipinski definition) is 3. The predicted molar refractivity (Wildman–Crippen MR) is 77.4 cm³/mol. The van der Waals surface area contributed by atoms with Crippen molar-refractivity contribution < 1.29 is 18.5 Å². The second-order valence-corrected chi connectivity index (χ2v) is 6.18. The molecule has 106 valence electrons. The average Bonchev–Trinajstić information content (AvgIpc) is 2.74. The Morgan fingerprint density at radius 1 is 1.30 bits per heavy atom. The van der Waals surface area contributed by atoms with Crippen LogP contribution in [0.4, 0.5) is 0 Å². The summed E-state index contributed by atoms with van der Waals surface area (Å²) in [6, 6.07) is 8.64. The lowest BCUT2D eigenvalue weighted by molar-refractivity contribution is 0.0661. The van der Waals surface area contributed by atoms with E-state index in [1.54, 1.807) is 13.0 Å². The molecule has 0 spiro atoms. The molecular weight excluding hydrogens is 300 g/mol. The van der Waals surface area contributed by atoms with Gasteiger partial charge in [-0.3, -0.25) is 4.21 Å². The average molecular weight is 313 g/mol. The molecule has 0 amide bonds. The van der Waals surface area contributed by atoms with Crippen molar-refractivity contribution in [2.45, 2.75) is 18.4 Å². The molecule has 1 aromatic heterocycles. The Hall–Kier alpha value is -1.59. The Morgan fingerprint density at radius 3 is 2.55 bits per heavy atom. The van der Waals surface area contributed by atoms with E-state index in [9.17, 15) is 9.00 Å². The minimum atomic E-state index is -1.18. The smallest absolute Gasteiger partial charge is 0.371 e. The standard InChI is InChI=1S/C14H13ClO4S/c1-9-11(6-13(19-9)14(16)17)8-20(18)7-10-4-2-3-5-12(10)15/h2-6H,7-8H2,1H3,(H,16,17). The maximum Gasteiger partial charge on any atom is 0.371 e. The number of carboxylic acids is 1. The van der Waals surface area contributed by atoms with Crippen LogP contribution in [0.2, 0.25) is 5.02 Å². The van der Waals surface area contributed by atoms with Gasteiger partial charge in [-0.2, -0.15) is 0 Å². The number of benzene rings is 1. The van der Waals surface area contributed by atoms with Crippen LogP contribution in [0.25, 0.3) is 0 Å². The van der Waals surface area contributed by atoms with E-state index in [1.165, 1.54) is 6.07 Å². The number of carbonyl (C=O) groups is 1. The molecule has 0 saturated carbocycles. The molecule has 0 radical (unpaired) electrons. The van der Waals surface area contributed by atoms with Crippen LogP contribution in [0.3, 0.4) is 0 Å². The van der Waals surface area contributed by atoms with E-state index in [2.05, 4.69) is 0 Å². The summed E-state index contributed by atoms with van der Waals surface area (Å²) in [6.45, 7) is 1.66. The van der Waals surface area contributed by atoms with Crippen molar-refractivity contribution in [1.29, 1.82) is 0 Å². The summed E-state index contributed by atoms with van der Waals surface area (Å²) < 4.78 is 17.2. The van der Waals surface area contributed by atoms with Gasteiger partial charge < -0.3 is 9.52 Å². The van der Waals surface area contributed by atoms with Gasteiger partial charge in [0.05, 0.1) is 11.5 Å². The minimum Gasteiger partial charge on any atom is -0.475 e. The SMILES string of the molecule is Cc1oc(C(=O)O)cc1CS(=O)Cc1ccccc1Cl. The summed E-state index contributed by atoms with van der Waals surface area (Å²) in [5, 5.41) is 9.42. The van der Waals surface area contributed by atoms with E-state index >= 15 is 0 Å². The second-order valence-electron chi connectivity index (χ2n) is 4.32. The van der Waals surface area contributed by atoms with Gasteiger partial charge in [0.2, 0.25) is 5.76 Å². The van der Waals surface area contributed by atoms with Gasteiger partial charge in [0.25, 0.3) is 0 Å². The lowest BCUT2D eigenvalue weighted by Gasteiger charge is -2.04. The highest BCUT2D eigenvalue weighted by atomic mass is 35.5. The molecule has 0 aliphatic carbocycles. The van der Waals surface area contributed by atoms with Crippen LogP contribution in [-0.4, -0.2) is 15.3 Å². The summed E-state index contributed by atoms with van der Waals surface area (Å²) in [6.07, 6.45) is 0. The van der Waals surface area contributed by atoms with Crippen LogP contribution < -0.4 is 0 Å². The van der Waals surface area contributed by atoms with Crippen molar-refractivity contribution in [2.24, 2.45) is 0 Å². The summed E-state index contributed by atoms with van der Waals surface area (Å²) in [5.41, 5.74) is 1.46. The summed E-state index contributed by atoms with van der Waals surface area (Å²) in [4.78, 5) is 10.8. The summed E-state index contributed by atoms with van der Waals surface area (Å²) in [7, 11) is -1.18. The van der Waals surface area contributed by atoms with Gasteiger partial charge in [-0.05, 0) is 24.6 Å². The van der Waals surface area contributed by atoms with Gasteiger partial charge in [-0.1, -0.05) is 29.8 Å². The van der Waals surface area contributed by atoms with Crippen LogP contribution >= 0.6 is 11.6 Å². The molecule has 2 rings (SSSR count). The van der Waals surface area contributed by atoms with Crippen LogP contribution in [0.1, 0.15) is 27.4 Å². The maximum atomic E-state index is 12.1. The highest BCUT2D eigenvalue weighted by molar-refractivity contribution is 7.83. The van der Waals surface area contributed by atoms with Crippen molar-refractivity contribution in [3.8, 4) is 0 Å². The zero-order chi connectivity index (χ0) is 14.7. The third kappa shape index (κ3) is 3.49. The van der Waals surface area contributed by atoms with Gasteiger partial charge >= 0.3 is 5.97 Å². The highest BCUT2D eigenvalue weighted by Gasteiger charge is 2.15. The monoisotopic (exact) mass is 312 g/mol. The zero-order valence-corrected chi connectivity index (χ0v) is 12.3. The fraction of sp³-hybridized carbons (Fsp3) is 0.214. The zero-order valence-electron chi connectivity index (χ0n) is 10.8. The molecule has 0 bridgehead atoms. The van der Waals surface area contributed by atoms with E-state index in [0.29, 0.717) is 22.1 Å². The predicted octanol–water partition coefficient (Wildman–Crippen LogP) is 3.39. The molecule has 1 aromatic carbocycles. The lowest BCUT2D eigenvalue weighted by Crippen LogP contribution is -2.00. The summed E-state index contributed by atoms with van der Waals surface area (Å²) in [5.74, 6) is -0.209. The first-order valence-electron chi connectivity index (χ1n) is 5.88. The fourth-order valence-corrected chi connectivity index (χ4v) is 3.40. The molecule has 2 aromatic rings.